The predicted molar refractivity (Wildman–Crippen MR) is 98.4 cm³/mol. The predicted octanol–water partition coefficient (Wildman–Crippen LogP) is 2.22. The van der Waals surface area contributed by atoms with E-state index in [0.29, 0.717) is 24.8 Å². The normalized spacial score (nSPS) is 21.5. The fraction of sp³-hybridized carbons (Fsp3) is 0.474. The van der Waals surface area contributed by atoms with Crippen LogP contribution in [0.1, 0.15) is 27.7 Å². The Kier molecular flexibility index (Phi) is 4.25. The van der Waals surface area contributed by atoms with E-state index in [9.17, 15) is 0 Å². The van der Waals surface area contributed by atoms with Gasteiger partial charge in [-0.05, 0) is 33.2 Å². The van der Waals surface area contributed by atoms with Crippen LogP contribution in [0.3, 0.4) is 0 Å². The van der Waals surface area contributed by atoms with Gasteiger partial charge in [0.05, 0.1) is 36.8 Å². The van der Waals surface area contributed by atoms with E-state index in [-0.39, 0.29) is 17.3 Å². The molecular weight excluding hydrogens is 331 g/mol. The molecule has 0 saturated carbocycles. The molecule has 3 heterocycles. The second kappa shape index (κ2) is 6.34. The van der Waals surface area contributed by atoms with Crippen molar-refractivity contribution in [2.45, 2.75) is 45.0 Å². The fourth-order valence-corrected chi connectivity index (χ4v) is 2.80. The smallest absolute Gasteiger partial charge is 0.482 e. The third-order valence-electron chi connectivity index (χ3n) is 5.21. The minimum atomic E-state index is -0.402. The number of aromatic nitrogens is 2. The van der Waals surface area contributed by atoms with Crippen LogP contribution in [0.5, 0.6) is 5.75 Å². The van der Waals surface area contributed by atoms with Gasteiger partial charge in [-0.2, -0.15) is 0 Å². The molecule has 0 N–H and O–H groups in total. The van der Waals surface area contributed by atoms with Gasteiger partial charge in [-0.25, -0.2) is 9.97 Å². The zero-order valence-corrected chi connectivity index (χ0v) is 15.6. The van der Waals surface area contributed by atoms with Gasteiger partial charge < -0.3 is 18.8 Å². The van der Waals surface area contributed by atoms with E-state index in [1.165, 1.54) is 0 Å². The molecule has 0 bridgehead atoms. The molecule has 0 amide bonds. The van der Waals surface area contributed by atoms with Gasteiger partial charge in [0, 0.05) is 5.56 Å². The second-order valence-corrected chi connectivity index (χ2v) is 7.73. The van der Waals surface area contributed by atoms with Crippen molar-refractivity contribution in [3.63, 3.8) is 0 Å². The van der Waals surface area contributed by atoms with Crippen molar-refractivity contribution in [2.24, 2.45) is 0 Å². The summed E-state index contributed by atoms with van der Waals surface area (Å²) < 4.78 is 23.1. The van der Waals surface area contributed by atoms with E-state index in [4.69, 9.17) is 18.8 Å². The van der Waals surface area contributed by atoms with Gasteiger partial charge in [-0.1, -0.05) is 24.3 Å². The number of hydrogen-bond acceptors (Lipinski definition) is 6. The molecule has 4 rings (SSSR count). The Labute approximate surface area is 154 Å². The molecule has 6 nitrogen and oxygen atoms in total. The highest BCUT2D eigenvalue weighted by atomic mass is 16.7. The third-order valence-corrected chi connectivity index (χ3v) is 5.21. The Morgan fingerprint density at radius 2 is 1.69 bits per heavy atom. The number of benzene rings is 1. The van der Waals surface area contributed by atoms with Crippen LogP contribution < -0.4 is 10.2 Å². The largest absolute Gasteiger partial charge is 0.494 e. The van der Waals surface area contributed by atoms with Crippen LogP contribution in [0.15, 0.2) is 36.7 Å². The number of ether oxygens (including phenoxy) is 2. The maximum Gasteiger partial charge on any atom is 0.494 e. The molecule has 0 aliphatic carbocycles. The molecule has 2 aromatic rings. The summed E-state index contributed by atoms with van der Waals surface area (Å²) in [6.45, 7) is 9.44. The molecule has 2 aliphatic rings. The minimum Gasteiger partial charge on any atom is -0.482 e. The zero-order valence-electron chi connectivity index (χ0n) is 15.6. The quantitative estimate of drug-likeness (QED) is 0.785. The summed E-state index contributed by atoms with van der Waals surface area (Å²) in [6.07, 6.45) is 3.50. The lowest BCUT2D eigenvalue weighted by molar-refractivity contribution is -0.0799. The van der Waals surface area contributed by atoms with Crippen molar-refractivity contribution in [1.29, 1.82) is 0 Å². The van der Waals surface area contributed by atoms with Gasteiger partial charge in [0.15, 0.2) is 11.6 Å². The maximum atomic E-state index is 6.13. The van der Waals surface area contributed by atoms with Gasteiger partial charge in [-0.3, -0.25) is 0 Å². The molecule has 0 unspecified atom stereocenters. The average Bonchev–Trinajstić information content (AvgIpc) is 2.80. The van der Waals surface area contributed by atoms with Crippen molar-refractivity contribution in [3.8, 4) is 17.1 Å². The van der Waals surface area contributed by atoms with Gasteiger partial charge in [0.25, 0.3) is 0 Å². The highest BCUT2D eigenvalue weighted by Gasteiger charge is 2.51. The van der Waals surface area contributed by atoms with E-state index < -0.39 is 7.12 Å². The molecule has 1 aromatic carbocycles. The fourth-order valence-electron chi connectivity index (χ4n) is 2.80. The van der Waals surface area contributed by atoms with Crippen molar-refractivity contribution in [2.75, 3.05) is 13.2 Å². The van der Waals surface area contributed by atoms with E-state index >= 15 is 0 Å². The topological polar surface area (TPSA) is 62.7 Å². The van der Waals surface area contributed by atoms with E-state index in [1.54, 1.807) is 12.4 Å². The molecule has 7 heteroatoms. The van der Waals surface area contributed by atoms with Crippen LogP contribution in [0.25, 0.3) is 11.4 Å². The van der Waals surface area contributed by atoms with Crippen LogP contribution in [-0.4, -0.2) is 47.6 Å². The zero-order chi connectivity index (χ0) is 18.4. The lowest BCUT2D eigenvalue weighted by Gasteiger charge is -2.32. The SMILES string of the molecule is CC1(C)OB(c2cccc(-c3ncc(OC4COC4)cn3)c2)OC1(C)C. The van der Waals surface area contributed by atoms with Gasteiger partial charge in [0.2, 0.25) is 0 Å². The highest BCUT2D eigenvalue weighted by molar-refractivity contribution is 6.62. The summed E-state index contributed by atoms with van der Waals surface area (Å²) in [4.78, 5) is 8.85. The van der Waals surface area contributed by atoms with Crippen molar-refractivity contribution >= 4 is 12.6 Å². The first-order valence-electron chi connectivity index (χ1n) is 8.86. The Morgan fingerprint density at radius 1 is 1.04 bits per heavy atom. The summed E-state index contributed by atoms with van der Waals surface area (Å²) in [5.74, 6) is 1.30. The van der Waals surface area contributed by atoms with Gasteiger partial charge in [-0.15, -0.1) is 0 Å². The van der Waals surface area contributed by atoms with Gasteiger partial charge in [0.1, 0.15) is 6.10 Å². The Balaban J connectivity index is 1.52. The van der Waals surface area contributed by atoms with Crippen LogP contribution in [-0.2, 0) is 14.0 Å². The molecule has 1 aromatic heterocycles. The molecule has 136 valence electrons. The van der Waals surface area contributed by atoms with Crippen molar-refractivity contribution < 1.29 is 18.8 Å². The Hall–Kier alpha value is -1.96. The first-order valence-corrected chi connectivity index (χ1v) is 8.86. The number of nitrogens with zero attached hydrogens (tertiary/aromatic N) is 2. The molecule has 2 saturated heterocycles. The lowest BCUT2D eigenvalue weighted by Crippen LogP contribution is -2.41. The Morgan fingerprint density at radius 3 is 2.27 bits per heavy atom. The van der Waals surface area contributed by atoms with Crippen LogP contribution in [0.2, 0.25) is 0 Å². The summed E-state index contributed by atoms with van der Waals surface area (Å²) in [5, 5.41) is 0. The second-order valence-electron chi connectivity index (χ2n) is 7.73. The molecule has 0 radical (unpaired) electrons. The lowest BCUT2D eigenvalue weighted by atomic mass is 9.78. The summed E-state index contributed by atoms with van der Waals surface area (Å²) in [5.41, 5.74) is 1.13. The highest BCUT2D eigenvalue weighted by Crippen LogP contribution is 2.36. The first kappa shape index (κ1) is 17.5. The minimum absolute atomic E-state index is 0.108. The molecule has 26 heavy (non-hydrogen) atoms. The van der Waals surface area contributed by atoms with E-state index in [1.807, 2.05) is 52.0 Å². The third kappa shape index (κ3) is 3.22. The van der Waals surface area contributed by atoms with E-state index in [2.05, 4.69) is 9.97 Å². The molecular formula is C19H23BN2O4. The average molecular weight is 354 g/mol. The van der Waals surface area contributed by atoms with Crippen LogP contribution in [0, 0.1) is 0 Å². The van der Waals surface area contributed by atoms with Crippen LogP contribution in [0.4, 0.5) is 0 Å². The monoisotopic (exact) mass is 354 g/mol. The summed E-state index contributed by atoms with van der Waals surface area (Å²) in [6, 6.07) is 7.96. The first-order chi connectivity index (χ1) is 12.3. The standard InChI is InChI=1S/C19H23BN2O4/c1-18(2)19(3,4)26-20(25-18)14-7-5-6-13(8-14)17-21-9-15(10-22-17)24-16-11-23-12-16/h5-10,16H,11-12H2,1-4H3. The molecule has 0 spiro atoms. The summed E-state index contributed by atoms with van der Waals surface area (Å²) >= 11 is 0. The van der Waals surface area contributed by atoms with E-state index in [0.717, 1.165) is 11.0 Å². The van der Waals surface area contributed by atoms with Crippen LogP contribution >= 0.6 is 0 Å². The molecule has 2 aliphatic heterocycles. The summed E-state index contributed by atoms with van der Waals surface area (Å²) in [7, 11) is -0.402. The van der Waals surface area contributed by atoms with Gasteiger partial charge >= 0.3 is 7.12 Å². The van der Waals surface area contributed by atoms with Crippen molar-refractivity contribution in [1.82, 2.24) is 9.97 Å². The van der Waals surface area contributed by atoms with Crippen molar-refractivity contribution in [3.05, 3.63) is 36.7 Å². The number of rotatable bonds is 4. The number of hydrogen-bond donors (Lipinski definition) is 0. The Bertz CT molecular complexity index is 774. The molecule has 2 fully saturated rings. The maximum absolute atomic E-state index is 6.13. The molecule has 0 atom stereocenters.